The Balaban J connectivity index is 2.06. The van der Waals surface area contributed by atoms with Crippen LogP contribution in [0.25, 0.3) is 0 Å². The monoisotopic (exact) mass is 289 g/mol. The Labute approximate surface area is 124 Å². The lowest BCUT2D eigenvalue weighted by Gasteiger charge is -2.16. The van der Waals surface area contributed by atoms with E-state index < -0.39 is 0 Å². The summed E-state index contributed by atoms with van der Waals surface area (Å²) in [5.74, 6) is 0.368. The molecule has 3 nitrogen and oxygen atoms in total. The van der Waals surface area contributed by atoms with Crippen LogP contribution in [-0.2, 0) is 6.54 Å². The van der Waals surface area contributed by atoms with Crippen molar-refractivity contribution < 1.29 is 14.2 Å². The molecule has 0 aliphatic rings. The van der Waals surface area contributed by atoms with E-state index in [0.717, 1.165) is 5.56 Å². The van der Waals surface area contributed by atoms with Crippen molar-refractivity contribution in [3.05, 3.63) is 59.4 Å². The smallest absolute Gasteiger partial charge is 0.162 e. The van der Waals surface area contributed by atoms with Gasteiger partial charge >= 0.3 is 0 Å². The summed E-state index contributed by atoms with van der Waals surface area (Å²) in [4.78, 5) is 0. The number of hydrogen-bond acceptors (Lipinski definition) is 3. The Kier molecular flexibility index (Phi) is 5.17. The van der Waals surface area contributed by atoms with Gasteiger partial charge in [-0.3, -0.25) is 0 Å². The van der Waals surface area contributed by atoms with Crippen LogP contribution in [0.3, 0.4) is 0 Å². The van der Waals surface area contributed by atoms with Gasteiger partial charge in [0.15, 0.2) is 11.5 Å². The summed E-state index contributed by atoms with van der Waals surface area (Å²) in [5.41, 5.74) is 1.34. The summed E-state index contributed by atoms with van der Waals surface area (Å²) in [6, 6.07) is 11.9. The van der Waals surface area contributed by atoms with Crippen molar-refractivity contribution in [2.75, 3.05) is 6.61 Å². The van der Waals surface area contributed by atoms with Gasteiger partial charge in [-0.1, -0.05) is 30.3 Å². The zero-order valence-corrected chi connectivity index (χ0v) is 12.3. The number of para-hydroxylation sites is 1. The molecule has 2 aromatic rings. The predicted octanol–water partition coefficient (Wildman–Crippen LogP) is 3.78. The molecular formula is C17H20FNO2. The molecule has 0 saturated heterocycles. The highest BCUT2D eigenvalue weighted by atomic mass is 19.1. The van der Waals surface area contributed by atoms with Gasteiger partial charge in [0.05, 0.1) is 6.61 Å². The topological polar surface area (TPSA) is 41.5 Å². The SMILES string of the molecule is CCOc1cccc(CN[C@H](C)c2ccccc2F)c1O. The molecule has 21 heavy (non-hydrogen) atoms. The lowest BCUT2D eigenvalue weighted by molar-refractivity contribution is 0.316. The van der Waals surface area contributed by atoms with E-state index in [4.69, 9.17) is 4.74 Å². The molecule has 2 N–H and O–H groups in total. The fourth-order valence-corrected chi connectivity index (χ4v) is 2.18. The minimum absolute atomic E-state index is 0.132. The van der Waals surface area contributed by atoms with Crippen molar-refractivity contribution in [1.82, 2.24) is 5.32 Å². The van der Waals surface area contributed by atoms with E-state index in [-0.39, 0.29) is 17.6 Å². The normalized spacial score (nSPS) is 12.1. The molecule has 112 valence electrons. The highest BCUT2D eigenvalue weighted by Crippen LogP contribution is 2.30. The number of phenols is 1. The molecule has 4 heteroatoms. The van der Waals surface area contributed by atoms with Gasteiger partial charge in [0.1, 0.15) is 5.82 Å². The zero-order valence-electron chi connectivity index (χ0n) is 12.3. The van der Waals surface area contributed by atoms with Gasteiger partial charge in [-0.05, 0) is 26.0 Å². The first kappa shape index (κ1) is 15.3. The third kappa shape index (κ3) is 3.73. The molecule has 2 aromatic carbocycles. The second-order valence-electron chi connectivity index (χ2n) is 4.82. The number of phenolic OH excluding ortho intramolecular Hbond substituents is 1. The maximum absolute atomic E-state index is 13.7. The van der Waals surface area contributed by atoms with E-state index in [1.807, 2.05) is 32.0 Å². The predicted molar refractivity (Wildman–Crippen MR) is 80.9 cm³/mol. The van der Waals surface area contributed by atoms with Crippen molar-refractivity contribution in [2.45, 2.75) is 26.4 Å². The molecule has 0 aliphatic heterocycles. The number of benzene rings is 2. The van der Waals surface area contributed by atoms with Gasteiger partial charge in [-0.15, -0.1) is 0 Å². The third-order valence-electron chi connectivity index (χ3n) is 3.35. The zero-order chi connectivity index (χ0) is 15.2. The summed E-state index contributed by atoms with van der Waals surface area (Å²) in [5, 5.41) is 13.3. The molecular weight excluding hydrogens is 269 g/mol. The number of halogens is 1. The largest absolute Gasteiger partial charge is 0.504 e. The summed E-state index contributed by atoms with van der Waals surface area (Å²) in [7, 11) is 0. The molecule has 0 fully saturated rings. The number of nitrogens with one attached hydrogen (secondary N) is 1. The number of aromatic hydroxyl groups is 1. The molecule has 0 amide bonds. The summed E-state index contributed by atoms with van der Waals surface area (Å²) >= 11 is 0. The molecule has 0 spiro atoms. The van der Waals surface area contributed by atoms with E-state index in [1.165, 1.54) is 6.07 Å². The molecule has 0 bridgehead atoms. The van der Waals surface area contributed by atoms with Crippen molar-refractivity contribution in [3.63, 3.8) is 0 Å². The molecule has 2 rings (SSSR count). The second kappa shape index (κ2) is 7.09. The third-order valence-corrected chi connectivity index (χ3v) is 3.35. The minimum Gasteiger partial charge on any atom is -0.504 e. The molecule has 0 unspecified atom stereocenters. The standard InChI is InChI=1S/C17H20FNO2/c1-3-21-16-10-6-7-13(17(16)20)11-19-12(2)14-8-4-5-9-15(14)18/h4-10,12,19-20H,3,11H2,1-2H3/t12-/m1/s1. The Morgan fingerprint density at radius 2 is 1.95 bits per heavy atom. The second-order valence-corrected chi connectivity index (χ2v) is 4.82. The fraction of sp³-hybridized carbons (Fsp3) is 0.294. The van der Waals surface area contributed by atoms with Crippen LogP contribution in [0, 0.1) is 5.82 Å². The van der Waals surface area contributed by atoms with E-state index in [0.29, 0.717) is 24.5 Å². The quantitative estimate of drug-likeness (QED) is 0.850. The highest BCUT2D eigenvalue weighted by Gasteiger charge is 2.12. The Morgan fingerprint density at radius 1 is 1.19 bits per heavy atom. The first-order valence-corrected chi connectivity index (χ1v) is 7.05. The number of rotatable bonds is 6. The average Bonchev–Trinajstić information content (AvgIpc) is 2.48. The van der Waals surface area contributed by atoms with Crippen molar-refractivity contribution in [1.29, 1.82) is 0 Å². The molecule has 0 radical (unpaired) electrons. The molecule has 0 aliphatic carbocycles. The van der Waals surface area contributed by atoms with Gasteiger partial charge in [-0.25, -0.2) is 4.39 Å². The van der Waals surface area contributed by atoms with E-state index in [2.05, 4.69) is 5.32 Å². The summed E-state index contributed by atoms with van der Waals surface area (Å²) < 4.78 is 19.1. The Bertz CT molecular complexity index is 601. The number of hydrogen-bond donors (Lipinski definition) is 2. The summed E-state index contributed by atoms with van der Waals surface area (Å²) in [6.07, 6.45) is 0. The molecule has 1 atom stereocenters. The molecule has 0 heterocycles. The highest BCUT2D eigenvalue weighted by molar-refractivity contribution is 5.45. The van der Waals surface area contributed by atoms with Crippen LogP contribution in [-0.4, -0.2) is 11.7 Å². The van der Waals surface area contributed by atoms with Crippen LogP contribution in [0.2, 0.25) is 0 Å². The van der Waals surface area contributed by atoms with Gasteiger partial charge in [0, 0.05) is 23.7 Å². The van der Waals surface area contributed by atoms with Crippen LogP contribution < -0.4 is 10.1 Å². The van der Waals surface area contributed by atoms with Crippen LogP contribution in [0.15, 0.2) is 42.5 Å². The van der Waals surface area contributed by atoms with Crippen LogP contribution in [0.1, 0.15) is 31.0 Å². The van der Waals surface area contributed by atoms with E-state index in [1.54, 1.807) is 18.2 Å². The number of ether oxygens (including phenoxy) is 1. The Morgan fingerprint density at radius 3 is 2.67 bits per heavy atom. The van der Waals surface area contributed by atoms with Gasteiger partial charge in [-0.2, -0.15) is 0 Å². The maximum Gasteiger partial charge on any atom is 0.162 e. The van der Waals surface area contributed by atoms with E-state index >= 15 is 0 Å². The van der Waals surface area contributed by atoms with Crippen molar-refractivity contribution in [2.24, 2.45) is 0 Å². The van der Waals surface area contributed by atoms with Gasteiger partial charge in [0.25, 0.3) is 0 Å². The summed E-state index contributed by atoms with van der Waals surface area (Å²) in [6.45, 7) is 4.69. The maximum atomic E-state index is 13.7. The minimum atomic E-state index is -0.232. The first-order chi connectivity index (χ1) is 10.1. The van der Waals surface area contributed by atoms with Gasteiger partial charge < -0.3 is 15.2 Å². The van der Waals surface area contributed by atoms with E-state index in [9.17, 15) is 9.50 Å². The Hall–Kier alpha value is -2.07. The van der Waals surface area contributed by atoms with Gasteiger partial charge in [0.2, 0.25) is 0 Å². The van der Waals surface area contributed by atoms with Crippen LogP contribution >= 0.6 is 0 Å². The van der Waals surface area contributed by atoms with Crippen molar-refractivity contribution >= 4 is 0 Å². The first-order valence-electron chi connectivity index (χ1n) is 7.05. The fourth-order valence-electron chi connectivity index (χ4n) is 2.18. The molecule has 0 aromatic heterocycles. The average molecular weight is 289 g/mol. The lowest BCUT2D eigenvalue weighted by Crippen LogP contribution is -2.19. The van der Waals surface area contributed by atoms with Crippen LogP contribution in [0.5, 0.6) is 11.5 Å². The van der Waals surface area contributed by atoms with Crippen molar-refractivity contribution in [3.8, 4) is 11.5 Å². The molecule has 0 saturated carbocycles. The van der Waals surface area contributed by atoms with Crippen LogP contribution in [0.4, 0.5) is 4.39 Å². The lowest BCUT2D eigenvalue weighted by atomic mass is 10.1.